The van der Waals surface area contributed by atoms with Crippen molar-refractivity contribution >= 4 is 21.6 Å². The molecular formula is C17H16BrF2N. The third-order valence-electron chi connectivity index (χ3n) is 3.85. The van der Waals surface area contributed by atoms with E-state index in [1.54, 1.807) is 0 Å². The molecule has 1 atom stereocenters. The van der Waals surface area contributed by atoms with Gasteiger partial charge in [-0.2, -0.15) is 0 Å². The van der Waals surface area contributed by atoms with Gasteiger partial charge in [0.25, 0.3) is 0 Å². The molecule has 3 rings (SSSR count). The van der Waals surface area contributed by atoms with Crippen molar-refractivity contribution in [2.45, 2.75) is 25.8 Å². The molecule has 2 aromatic carbocycles. The van der Waals surface area contributed by atoms with Gasteiger partial charge in [0.1, 0.15) is 11.6 Å². The molecule has 1 aliphatic rings. The summed E-state index contributed by atoms with van der Waals surface area (Å²) >= 11 is 3.00. The molecule has 2 aromatic rings. The standard InChI is InChI=1S/C17H16BrF2N/c1-10-2-4-11(5-3-10)17(12-6-7-12)21-16-9-14(19)13(18)8-15(16)20/h2-5,8-9,12,17,21H,6-7H2,1H3. The van der Waals surface area contributed by atoms with E-state index in [4.69, 9.17) is 0 Å². The maximum absolute atomic E-state index is 14.0. The highest BCUT2D eigenvalue weighted by Crippen LogP contribution is 2.43. The number of anilines is 1. The molecule has 21 heavy (non-hydrogen) atoms. The van der Waals surface area contributed by atoms with Crippen LogP contribution in [0.25, 0.3) is 0 Å². The average Bonchev–Trinajstić information content (AvgIpc) is 3.27. The third-order valence-corrected chi connectivity index (χ3v) is 4.46. The van der Waals surface area contributed by atoms with Crippen LogP contribution < -0.4 is 5.32 Å². The smallest absolute Gasteiger partial charge is 0.147 e. The highest BCUT2D eigenvalue weighted by Gasteiger charge is 2.32. The Kier molecular flexibility index (Phi) is 3.98. The van der Waals surface area contributed by atoms with E-state index in [1.165, 1.54) is 11.6 Å². The van der Waals surface area contributed by atoms with Gasteiger partial charge in [-0.15, -0.1) is 0 Å². The summed E-state index contributed by atoms with van der Waals surface area (Å²) in [5.74, 6) is -0.419. The summed E-state index contributed by atoms with van der Waals surface area (Å²) in [7, 11) is 0. The number of rotatable bonds is 4. The fourth-order valence-corrected chi connectivity index (χ4v) is 2.79. The number of halogens is 3. The van der Waals surface area contributed by atoms with Crippen LogP contribution in [0.15, 0.2) is 40.9 Å². The molecule has 0 heterocycles. The molecule has 1 unspecified atom stereocenters. The van der Waals surface area contributed by atoms with Gasteiger partial charge in [-0.05, 0) is 53.2 Å². The van der Waals surface area contributed by atoms with Gasteiger partial charge in [0, 0.05) is 6.07 Å². The zero-order valence-electron chi connectivity index (χ0n) is 11.7. The summed E-state index contributed by atoms with van der Waals surface area (Å²) in [4.78, 5) is 0. The van der Waals surface area contributed by atoms with E-state index >= 15 is 0 Å². The molecule has 0 bridgehead atoms. The Morgan fingerprint density at radius 1 is 1.10 bits per heavy atom. The number of benzene rings is 2. The van der Waals surface area contributed by atoms with Crippen molar-refractivity contribution in [3.05, 3.63) is 63.6 Å². The highest BCUT2D eigenvalue weighted by molar-refractivity contribution is 9.10. The minimum absolute atomic E-state index is 0.0284. The van der Waals surface area contributed by atoms with Crippen molar-refractivity contribution in [3.63, 3.8) is 0 Å². The van der Waals surface area contributed by atoms with E-state index in [2.05, 4.69) is 33.4 Å². The average molecular weight is 352 g/mol. The number of hydrogen-bond acceptors (Lipinski definition) is 1. The first-order valence-corrected chi connectivity index (χ1v) is 7.81. The quantitative estimate of drug-likeness (QED) is 0.707. The maximum Gasteiger partial charge on any atom is 0.147 e. The Bertz CT molecular complexity index is 651. The molecule has 0 spiro atoms. The molecule has 0 aromatic heterocycles. The molecule has 1 saturated carbocycles. The van der Waals surface area contributed by atoms with Crippen LogP contribution in [0.4, 0.5) is 14.5 Å². The second kappa shape index (κ2) is 5.76. The Balaban J connectivity index is 1.89. The van der Waals surface area contributed by atoms with Crippen molar-refractivity contribution in [2.24, 2.45) is 5.92 Å². The number of aryl methyl sites for hydroxylation is 1. The molecule has 110 valence electrons. The monoisotopic (exact) mass is 351 g/mol. The van der Waals surface area contributed by atoms with Crippen LogP contribution in [0.5, 0.6) is 0 Å². The van der Waals surface area contributed by atoms with Gasteiger partial charge in [-0.25, -0.2) is 8.78 Å². The normalized spacial score (nSPS) is 15.8. The lowest BCUT2D eigenvalue weighted by Gasteiger charge is -2.21. The fourth-order valence-electron chi connectivity index (χ4n) is 2.48. The summed E-state index contributed by atoms with van der Waals surface area (Å²) in [6.07, 6.45) is 2.23. The molecule has 0 amide bonds. The molecule has 1 nitrogen and oxygen atoms in total. The zero-order valence-corrected chi connectivity index (χ0v) is 13.3. The predicted molar refractivity (Wildman–Crippen MR) is 84.3 cm³/mol. The van der Waals surface area contributed by atoms with Crippen molar-refractivity contribution in [1.82, 2.24) is 0 Å². The number of nitrogens with one attached hydrogen (secondary N) is 1. The number of hydrogen-bond donors (Lipinski definition) is 1. The molecule has 0 radical (unpaired) electrons. The third kappa shape index (κ3) is 3.26. The predicted octanol–water partition coefficient (Wildman–Crippen LogP) is 5.60. The van der Waals surface area contributed by atoms with E-state index in [1.807, 2.05) is 19.1 Å². The van der Waals surface area contributed by atoms with Gasteiger partial charge in [0.15, 0.2) is 0 Å². The molecule has 1 fully saturated rings. The van der Waals surface area contributed by atoms with Gasteiger partial charge in [0.2, 0.25) is 0 Å². The summed E-state index contributed by atoms with van der Waals surface area (Å²) in [5.41, 5.74) is 2.52. The van der Waals surface area contributed by atoms with Crippen LogP contribution in [-0.2, 0) is 0 Å². The van der Waals surface area contributed by atoms with E-state index in [9.17, 15) is 8.78 Å². The fraction of sp³-hybridized carbons (Fsp3) is 0.294. The van der Waals surface area contributed by atoms with Crippen molar-refractivity contribution in [1.29, 1.82) is 0 Å². The Labute approximate surface area is 131 Å². The second-order valence-corrected chi connectivity index (χ2v) is 6.47. The summed E-state index contributed by atoms with van der Waals surface area (Å²) in [5, 5.41) is 3.18. The van der Waals surface area contributed by atoms with Crippen LogP contribution in [0.3, 0.4) is 0 Å². The first-order valence-electron chi connectivity index (χ1n) is 7.02. The van der Waals surface area contributed by atoms with E-state index in [-0.39, 0.29) is 16.2 Å². The first-order chi connectivity index (χ1) is 10.0. The molecule has 0 saturated heterocycles. The first kappa shape index (κ1) is 14.5. The maximum atomic E-state index is 14.0. The highest BCUT2D eigenvalue weighted by atomic mass is 79.9. The van der Waals surface area contributed by atoms with Crippen LogP contribution >= 0.6 is 15.9 Å². The van der Waals surface area contributed by atoms with Gasteiger partial charge in [-0.3, -0.25) is 0 Å². The Hall–Kier alpha value is -1.42. The topological polar surface area (TPSA) is 12.0 Å². The molecule has 1 aliphatic carbocycles. The summed E-state index contributed by atoms with van der Waals surface area (Å²) < 4.78 is 27.8. The van der Waals surface area contributed by atoms with Crippen LogP contribution in [0.1, 0.15) is 30.0 Å². The van der Waals surface area contributed by atoms with Crippen LogP contribution in [0.2, 0.25) is 0 Å². The van der Waals surface area contributed by atoms with Gasteiger partial charge in [-0.1, -0.05) is 29.8 Å². The lowest BCUT2D eigenvalue weighted by molar-refractivity contribution is 0.589. The lowest BCUT2D eigenvalue weighted by atomic mass is 10.0. The Morgan fingerprint density at radius 3 is 2.38 bits per heavy atom. The van der Waals surface area contributed by atoms with Crippen LogP contribution in [-0.4, -0.2) is 0 Å². The second-order valence-electron chi connectivity index (χ2n) is 5.62. The van der Waals surface area contributed by atoms with Gasteiger partial charge in [0.05, 0.1) is 16.2 Å². The minimum atomic E-state index is -0.461. The van der Waals surface area contributed by atoms with Crippen LogP contribution in [0, 0.1) is 24.5 Å². The van der Waals surface area contributed by atoms with E-state index < -0.39 is 11.6 Å². The van der Waals surface area contributed by atoms with Crippen molar-refractivity contribution in [2.75, 3.05) is 5.32 Å². The van der Waals surface area contributed by atoms with E-state index in [0.717, 1.165) is 24.5 Å². The minimum Gasteiger partial charge on any atom is -0.376 e. The largest absolute Gasteiger partial charge is 0.376 e. The van der Waals surface area contributed by atoms with E-state index in [0.29, 0.717) is 5.92 Å². The molecule has 1 N–H and O–H groups in total. The zero-order chi connectivity index (χ0) is 15.0. The summed E-state index contributed by atoms with van der Waals surface area (Å²) in [6, 6.07) is 10.6. The molecule has 0 aliphatic heterocycles. The lowest BCUT2D eigenvalue weighted by Crippen LogP contribution is -2.14. The van der Waals surface area contributed by atoms with Crippen molar-refractivity contribution < 1.29 is 8.78 Å². The molecule has 4 heteroatoms. The Morgan fingerprint density at radius 2 is 1.76 bits per heavy atom. The van der Waals surface area contributed by atoms with Gasteiger partial charge >= 0.3 is 0 Å². The summed E-state index contributed by atoms with van der Waals surface area (Å²) in [6.45, 7) is 2.03. The van der Waals surface area contributed by atoms with Gasteiger partial charge < -0.3 is 5.32 Å². The SMILES string of the molecule is Cc1ccc(C(Nc2cc(F)c(Br)cc2F)C2CC2)cc1. The molecular weight excluding hydrogens is 336 g/mol. The van der Waals surface area contributed by atoms with Crippen molar-refractivity contribution in [3.8, 4) is 0 Å².